The summed E-state index contributed by atoms with van der Waals surface area (Å²) in [4.78, 5) is 19.2. The van der Waals surface area contributed by atoms with Gasteiger partial charge in [-0.2, -0.15) is 0 Å². The molecule has 1 aromatic heterocycles. The molecule has 6 heteroatoms. The van der Waals surface area contributed by atoms with E-state index >= 15 is 0 Å². The number of nitrogens with one attached hydrogen (secondary N) is 2. The van der Waals surface area contributed by atoms with Crippen LogP contribution in [-0.2, 0) is 16.1 Å². The van der Waals surface area contributed by atoms with Gasteiger partial charge in [0.15, 0.2) is 0 Å². The zero-order valence-electron chi connectivity index (χ0n) is 9.27. The molecule has 0 saturated carbocycles. The highest BCUT2D eigenvalue weighted by molar-refractivity contribution is 5.77. The minimum atomic E-state index is -0.0547. The largest absolute Gasteiger partial charge is 0.383 e. The monoisotopic (exact) mass is 224 g/mol. The number of carbonyl (C=O) groups is 1. The highest BCUT2D eigenvalue weighted by Crippen LogP contribution is 1.87. The number of rotatable bonds is 7. The van der Waals surface area contributed by atoms with Crippen LogP contribution in [0.5, 0.6) is 0 Å². The number of methoxy groups -OCH3 is 1. The van der Waals surface area contributed by atoms with E-state index in [0.717, 1.165) is 5.69 Å². The first kappa shape index (κ1) is 12.5. The Morgan fingerprint density at radius 2 is 2.38 bits per heavy atom. The molecule has 1 amide bonds. The normalized spacial score (nSPS) is 10.1. The fraction of sp³-hybridized carbons (Fsp3) is 0.500. The second-order valence-corrected chi connectivity index (χ2v) is 3.14. The van der Waals surface area contributed by atoms with Crippen LogP contribution in [0.15, 0.2) is 18.6 Å². The van der Waals surface area contributed by atoms with Crippen molar-refractivity contribution in [1.82, 2.24) is 20.6 Å². The molecule has 0 spiro atoms. The van der Waals surface area contributed by atoms with Gasteiger partial charge in [0.05, 0.1) is 18.8 Å². The Bertz CT molecular complexity index is 305. The second-order valence-electron chi connectivity index (χ2n) is 3.14. The van der Waals surface area contributed by atoms with Gasteiger partial charge in [0.2, 0.25) is 5.91 Å². The summed E-state index contributed by atoms with van der Waals surface area (Å²) in [5.74, 6) is -0.0547. The van der Waals surface area contributed by atoms with Crippen molar-refractivity contribution in [2.45, 2.75) is 6.54 Å². The molecule has 0 aliphatic carbocycles. The van der Waals surface area contributed by atoms with Gasteiger partial charge in [-0.25, -0.2) is 0 Å². The highest BCUT2D eigenvalue weighted by atomic mass is 16.5. The SMILES string of the molecule is COCCNC(=O)CNCc1cnccn1. The number of hydrogen-bond donors (Lipinski definition) is 2. The fourth-order valence-corrected chi connectivity index (χ4v) is 1.08. The van der Waals surface area contributed by atoms with Crippen molar-refractivity contribution in [3.8, 4) is 0 Å². The number of amides is 1. The number of hydrogen-bond acceptors (Lipinski definition) is 5. The lowest BCUT2D eigenvalue weighted by atomic mass is 10.4. The summed E-state index contributed by atoms with van der Waals surface area (Å²) >= 11 is 0. The third-order valence-electron chi connectivity index (χ3n) is 1.84. The van der Waals surface area contributed by atoms with E-state index < -0.39 is 0 Å². The Balaban J connectivity index is 2.09. The van der Waals surface area contributed by atoms with Crippen molar-refractivity contribution >= 4 is 5.91 Å². The molecule has 0 atom stereocenters. The molecule has 0 bridgehead atoms. The minimum absolute atomic E-state index is 0.0547. The van der Waals surface area contributed by atoms with Crippen LogP contribution < -0.4 is 10.6 Å². The molecule has 1 heterocycles. The van der Waals surface area contributed by atoms with Gasteiger partial charge in [-0.1, -0.05) is 0 Å². The summed E-state index contributed by atoms with van der Waals surface area (Å²) in [6.07, 6.45) is 4.90. The standard InChI is InChI=1S/C10H16N4O2/c1-16-5-4-14-10(15)8-12-7-9-6-11-2-3-13-9/h2-3,6,12H,4-5,7-8H2,1H3,(H,14,15). The molecule has 1 aromatic rings. The molecule has 0 aliphatic rings. The van der Waals surface area contributed by atoms with Gasteiger partial charge in [0.1, 0.15) is 0 Å². The van der Waals surface area contributed by atoms with Gasteiger partial charge >= 0.3 is 0 Å². The maximum absolute atomic E-state index is 11.2. The van der Waals surface area contributed by atoms with Gasteiger partial charge in [0, 0.05) is 38.8 Å². The molecule has 88 valence electrons. The lowest BCUT2D eigenvalue weighted by Crippen LogP contribution is -2.35. The third-order valence-corrected chi connectivity index (χ3v) is 1.84. The van der Waals surface area contributed by atoms with Gasteiger partial charge < -0.3 is 15.4 Å². The summed E-state index contributed by atoms with van der Waals surface area (Å²) < 4.78 is 4.81. The first-order chi connectivity index (χ1) is 7.83. The van der Waals surface area contributed by atoms with E-state index in [1.54, 1.807) is 25.7 Å². The zero-order chi connectivity index (χ0) is 11.6. The van der Waals surface area contributed by atoms with Gasteiger partial charge in [-0.15, -0.1) is 0 Å². The molecular weight excluding hydrogens is 208 g/mol. The molecule has 2 N–H and O–H groups in total. The van der Waals surface area contributed by atoms with Gasteiger partial charge in [0.25, 0.3) is 0 Å². The molecule has 0 fully saturated rings. The van der Waals surface area contributed by atoms with Crippen LogP contribution in [0.4, 0.5) is 0 Å². The molecule has 0 aromatic carbocycles. The quantitative estimate of drug-likeness (QED) is 0.601. The zero-order valence-corrected chi connectivity index (χ0v) is 9.27. The Hall–Kier alpha value is -1.53. The molecule has 6 nitrogen and oxygen atoms in total. The van der Waals surface area contributed by atoms with Crippen molar-refractivity contribution in [2.75, 3.05) is 26.8 Å². The molecule has 0 unspecified atom stereocenters. The van der Waals surface area contributed by atoms with Gasteiger partial charge in [-0.3, -0.25) is 14.8 Å². The van der Waals surface area contributed by atoms with Crippen molar-refractivity contribution < 1.29 is 9.53 Å². The number of aromatic nitrogens is 2. The van der Waals surface area contributed by atoms with Crippen LogP contribution in [0.2, 0.25) is 0 Å². The third kappa shape index (κ3) is 5.38. The first-order valence-corrected chi connectivity index (χ1v) is 5.04. The van der Waals surface area contributed by atoms with Crippen molar-refractivity contribution in [3.05, 3.63) is 24.3 Å². The van der Waals surface area contributed by atoms with Crippen LogP contribution in [0, 0.1) is 0 Å². The Labute approximate surface area is 94.4 Å². The topological polar surface area (TPSA) is 76.1 Å². The summed E-state index contributed by atoms with van der Waals surface area (Å²) in [7, 11) is 1.60. The summed E-state index contributed by atoms with van der Waals surface area (Å²) in [5.41, 5.74) is 0.812. The molecule has 1 rings (SSSR count). The first-order valence-electron chi connectivity index (χ1n) is 5.04. The van der Waals surface area contributed by atoms with E-state index in [-0.39, 0.29) is 12.5 Å². The summed E-state index contributed by atoms with van der Waals surface area (Å²) in [6.45, 7) is 1.85. The predicted octanol–water partition coefficient (Wildman–Crippen LogP) is -0.671. The Kier molecular flexibility index (Phi) is 6.05. The van der Waals surface area contributed by atoms with Crippen LogP contribution >= 0.6 is 0 Å². The number of carbonyl (C=O) groups excluding carboxylic acids is 1. The number of ether oxygens (including phenoxy) is 1. The number of nitrogens with zero attached hydrogens (tertiary/aromatic N) is 2. The minimum Gasteiger partial charge on any atom is -0.383 e. The molecule has 0 aliphatic heterocycles. The fourth-order valence-electron chi connectivity index (χ4n) is 1.08. The van der Waals surface area contributed by atoms with Crippen molar-refractivity contribution in [1.29, 1.82) is 0 Å². The Morgan fingerprint density at radius 1 is 1.50 bits per heavy atom. The van der Waals surface area contributed by atoms with Crippen molar-refractivity contribution in [3.63, 3.8) is 0 Å². The Morgan fingerprint density at radius 3 is 3.06 bits per heavy atom. The van der Waals surface area contributed by atoms with Crippen LogP contribution in [0.1, 0.15) is 5.69 Å². The van der Waals surface area contributed by atoms with E-state index in [1.807, 2.05) is 0 Å². The smallest absolute Gasteiger partial charge is 0.234 e. The average Bonchev–Trinajstić information content (AvgIpc) is 2.31. The van der Waals surface area contributed by atoms with Crippen LogP contribution in [0.3, 0.4) is 0 Å². The van der Waals surface area contributed by atoms with Crippen molar-refractivity contribution in [2.24, 2.45) is 0 Å². The van der Waals surface area contributed by atoms with E-state index in [4.69, 9.17) is 4.74 Å². The highest BCUT2D eigenvalue weighted by Gasteiger charge is 1.99. The van der Waals surface area contributed by atoms with Gasteiger partial charge in [-0.05, 0) is 0 Å². The summed E-state index contributed by atoms with van der Waals surface area (Å²) in [6, 6.07) is 0. The van der Waals surface area contributed by atoms with E-state index in [2.05, 4.69) is 20.6 Å². The second kappa shape index (κ2) is 7.72. The maximum Gasteiger partial charge on any atom is 0.234 e. The van der Waals surface area contributed by atoms with Crippen LogP contribution in [-0.4, -0.2) is 42.7 Å². The van der Waals surface area contributed by atoms with E-state index in [1.165, 1.54) is 0 Å². The lowest BCUT2D eigenvalue weighted by Gasteiger charge is -2.05. The summed E-state index contributed by atoms with van der Waals surface area (Å²) in [5, 5.41) is 5.68. The van der Waals surface area contributed by atoms with E-state index in [0.29, 0.717) is 19.7 Å². The molecule has 0 saturated heterocycles. The molecular formula is C10H16N4O2. The molecule has 0 radical (unpaired) electrons. The van der Waals surface area contributed by atoms with E-state index in [9.17, 15) is 4.79 Å². The predicted molar refractivity (Wildman–Crippen MR) is 58.6 cm³/mol. The lowest BCUT2D eigenvalue weighted by molar-refractivity contribution is -0.120. The molecule has 16 heavy (non-hydrogen) atoms. The maximum atomic E-state index is 11.2. The van der Waals surface area contributed by atoms with Crippen LogP contribution in [0.25, 0.3) is 0 Å². The average molecular weight is 224 g/mol.